The van der Waals surface area contributed by atoms with Crippen LogP contribution in [0.25, 0.3) is 0 Å². The Morgan fingerprint density at radius 3 is 2.31 bits per heavy atom. The summed E-state index contributed by atoms with van der Waals surface area (Å²) in [7, 11) is 0. The van der Waals surface area contributed by atoms with Crippen LogP contribution in [0.4, 0.5) is 5.69 Å². The summed E-state index contributed by atoms with van der Waals surface area (Å²) in [5.41, 5.74) is 8.66. The van der Waals surface area contributed by atoms with E-state index < -0.39 is 5.54 Å². The van der Waals surface area contributed by atoms with Crippen LogP contribution in [0, 0.1) is 5.92 Å². The summed E-state index contributed by atoms with van der Waals surface area (Å²) in [5, 5.41) is 34.3. The third kappa shape index (κ3) is 8.49. The summed E-state index contributed by atoms with van der Waals surface area (Å²) < 4.78 is 0. The number of anilines is 1. The third-order valence-electron chi connectivity index (χ3n) is 4.82. The Hall–Kier alpha value is -2.65. The molecule has 0 amide bonds. The fourth-order valence-corrected chi connectivity index (χ4v) is 2.64. The predicted octanol–water partition coefficient (Wildman–Crippen LogP) is 2.67. The van der Waals surface area contributed by atoms with E-state index in [9.17, 15) is 0 Å². The molecule has 8 nitrogen and oxygen atoms in total. The van der Waals surface area contributed by atoms with Gasteiger partial charge in [0, 0.05) is 18.8 Å². The molecule has 0 radical (unpaired) electrons. The van der Waals surface area contributed by atoms with E-state index in [1.807, 2.05) is 38.1 Å². The van der Waals surface area contributed by atoms with Crippen molar-refractivity contribution in [2.24, 2.45) is 22.0 Å². The van der Waals surface area contributed by atoms with Crippen LogP contribution in [0.3, 0.4) is 0 Å². The smallest absolute Gasteiger partial charge is 0.168 e. The fourth-order valence-electron chi connectivity index (χ4n) is 2.52. The maximum Gasteiger partial charge on any atom is 0.168 e. The summed E-state index contributed by atoms with van der Waals surface area (Å²) in [5.74, 6) is 0.193. The second-order valence-electron chi connectivity index (χ2n) is 7.49. The van der Waals surface area contributed by atoms with Crippen molar-refractivity contribution in [3.8, 4) is 0 Å². The Bertz CT molecular complexity index is 759. The molecule has 0 saturated carbocycles. The van der Waals surface area contributed by atoms with Crippen LogP contribution in [-0.2, 0) is 6.42 Å². The van der Waals surface area contributed by atoms with Gasteiger partial charge in [0.2, 0.25) is 0 Å². The lowest BCUT2D eigenvalue weighted by Gasteiger charge is -2.29. The van der Waals surface area contributed by atoms with Crippen LogP contribution < -0.4 is 21.7 Å². The lowest BCUT2D eigenvalue weighted by Crippen LogP contribution is -2.49. The quantitative estimate of drug-likeness (QED) is 0.141. The van der Waals surface area contributed by atoms with Crippen LogP contribution in [0.2, 0.25) is 0 Å². The minimum absolute atomic E-state index is 0.193. The maximum absolute atomic E-state index is 9.09. The minimum Gasteiger partial charge on any atom is -0.411 e. The van der Waals surface area contributed by atoms with Crippen molar-refractivity contribution in [1.82, 2.24) is 10.6 Å². The van der Waals surface area contributed by atoms with E-state index in [-0.39, 0.29) is 11.0 Å². The first kappa shape index (κ1) is 24.4. The molecule has 1 aromatic rings. The zero-order valence-electron chi connectivity index (χ0n) is 17.5. The first-order chi connectivity index (χ1) is 13.6. The second kappa shape index (κ2) is 11.4. The zero-order valence-corrected chi connectivity index (χ0v) is 18.3. The largest absolute Gasteiger partial charge is 0.411 e. The molecule has 0 spiro atoms. The van der Waals surface area contributed by atoms with Crippen molar-refractivity contribution < 1.29 is 10.4 Å². The highest BCUT2D eigenvalue weighted by atomic mass is 32.1. The van der Waals surface area contributed by atoms with Crippen molar-refractivity contribution in [3.63, 3.8) is 0 Å². The summed E-state index contributed by atoms with van der Waals surface area (Å²) in [6.45, 7) is 12.6. The number of nitrogens with one attached hydrogen (secondary N) is 3. The Balaban J connectivity index is 2.86. The first-order valence-corrected chi connectivity index (χ1v) is 9.71. The van der Waals surface area contributed by atoms with E-state index in [2.05, 4.69) is 32.8 Å². The third-order valence-corrected chi connectivity index (χ3v) is 4.93. The summed E-state index contributed by atoms with van der Waals surface area (Å²) >= 11 is 4.86. The van der Waals surface area contributed by atoms with Gasteiger partial charge in [0.05, 0.1) is 22.7 Å². The van der Waals surface area contributed by atoms with E-state index in [0.717, 1.165) is 17.7 Å². The van der Waals surface area contributed by atoms with E-state index >= 15 is 0 Å². The SMILES string of the molecule is C=C(NCC(CNC(C)(C)/C(C)=N/O)Cc1ccc(NC(N)=S)cc1)/C(C)=N/O. The molecule has 0 fully saturated rings. The van der Waals surface area contributed by atoms with Crippen LogP contribution >= 0.6 is 12.2 Å². The number of oxime groups is 2. The van der Waals surface area contributed by atoms with Crippen molar-refractivity contribution in [2.75, 3.05) is 18.4 Å². The van der Waals surface area contributed by atoms with Crippen molar-refractivity contribution in [2.45, 2.75) is 39.7 Å². The van der Waals surface area contributed by atoms with Gasteiger partial charge in [-0.1, -0.05) is 29.0 Å². The maximum atomic E-state index is 9.09. The number of hydrogen-bond donors (Lipinski definition) is 6. The molecule has 0 aliphatic carbocycles. The molecule has 9 heteroatoms. The average molecular weight is 421 g/mol. The Morgan fingerprint density at radius 2 is 1.79 bits per heavy atom. The topological polar surface area (TPSA) is 127 Å². The van der Waals surface area contributed by atoms with Crippen LogP contribution in [0.5, 0.6) is 0 Å². The molecule has 1 rings (SSSR count). The van der Waals surface area contributed by atoms with Gasteiger partial charge in [0.15, 0.2) is 5.11 Å². The number of rotatable bonds is 11. The number of allylic oxidation sites excluding steroid dienone is 1. The molecule has 1 unspecified atom stereocenters. The molecule has 0 aliphatic heterocycles. The summed E-state index contributed by atoms with van der Waals surface area (Å²) in [6, 6.07) is 7.91. The normalized spacial score (nSPS) is 13.7. The Labute approximate surface area is 177 Å². The van der Waals surface area contributed by atoms with E-state index in [1.165, 1.54) is 0 Å². The number of benzene rings is 1. The van der Waals surface area contributed by atoms with Gasteiger partial charge in [0.25, 0.3) is 0 Å². The fraction of sp³-hybridized carbons (Fsp3) is 0.450. The molecule has 7 N–H and O–H groups in total. The van der Waals surface area contributed by atoms with Crippen molar-refractivity contribution in [3.05, 3.63) is 42.1 Å². The zero-order chi connectivity index (χ0) is 22.0. The number of thiocarbonyl (C=S) groups is 1. The van der Waals surface area contributed by atoms with Crippen LogP contribution in [0.15, 0.2) is 46.9 Å². The standard InChI is InChI=1S/C20H32N6O2S/c1-13(14(2)25-27)22-11-17(12-23-20(4,5)15(3)26-28)10-16-6-8-18(9-7-16)24-19(21)29/h6-9,17,22-23,27-28H,1,10-12H2,2-5H3,(H3,21,24,29)/b25-14+,26-15+. The molecule has 29 heavy (non-hydrogen) atoms. The number of nitrogens with two attached hydrogens (primary N) is 1. The first-order valence-electron chi connectivity index (χ1n) is 9.30. The van der Waals surface area contributed by atoms with Gasteiger partial charge in [-0.05, 0) is 69.9 Å². The van der Waals surface area contributed by atoms with Gasteiger partial charge in [-0.15, -0.1) is 0 Å². The lowest BCUT2D eigenvalue weighted by atomic mass is 9.95. The van der Waals surface area contributed by atoms with Crippen LogP contribution in [0.1, 0.15) is 33.3 Å². The van der Waals surface area contributed by atoms with Gasteiger partial charge >= 0.3 is 0 Å². The van der Waals surface area contributed by atoms with Crippen LogP contribution in [-0.4, -0.2) is 45.6 Å². The Kier molecular flexibility index (Phi) is 9.57. The van der Waals surface area contributed by atoms with Gasteiger partial charge in [-0.2, -0.15) is 0 Å². The molecule has 1 atom stereocenters. The molecule has 0 bridgehead atoms. The predicted molar refractivity (Wildman–Crippen MR) is 123 cm³/mol. The van der Waals surface area contributed by atoms with Crippen molar-refractivity contribution in [1.29, 1.82) is 0 Å². The molecule has 0 aromatic heterocycles. The van der Waals surface area contributed by atoms with Gasteiger partial charge in [0.1, 0.15) is 0 Å². The molecule has 160 valence electrons. The molecule has 0 aliphatic rings. The van der Waals surface area contributed by atoms with Crippen molar-refractivity contribution >= 4 is 34.4 Å². The Morgan fingerprint density at radius 1 is 1.17 bits per heavy atom. The van der Waals surface area contributed by atoms with Gasteiger partial charge in [-0.3, -0.25) is 0 Å². The summed E-state index contributed by atoms with van der Waals surface area (Å²) in [6.07, 6.45) is 0.793. The number of nitrogens with zero attached hydrogens (tertiary/aromatic N) is 2. The van der Waals surface area contributed by atoms with E-state index in [0.29, 0.717) is 30.2 Å². The monoisotopic (exact) mass is 420 g/mol. The minimum atomic E-state index is -0.447. The molecule has 1 aromatic carbocycles. The van der Waals surface area contributed by atoms with E-state index in [4.69, 9.17) is 28.4 Å². The molecular formula is C20H32N6O2S. The number of hydrogen-bond acceptors (Lipinski definition) is 7. The second-order valence-corrected chi connectivity index (χ2v) is 7.93. The average Bonchev–Trinajstić information content (AvgIpc) is 2.69. The highest BCUT2D eigenvalue weighted by Gasteiger charge is 2.23. The molecular weight excluding hydrogens is 388 g/mol. The highest BCUT2D eigenvalue weighted by Crippen LogP contribution is 2.15. The molecule has 0 saturated heterocycles. The molecule has 0 heterocycles. The van der Waals surface area contributed by atoms with Gasteiger partial charge < -0.3 is 32.1 Å². The van der Waals surface area contributed by atoms with E-state index in [1.54, 1.807) is 13.8 Å². The van der Waals surface area contributed by atoms with Gasteiger partial charge in [-0.25, -0.2) is 0 Å². The summed E-state index contributed by atoms with van der Waals surface area (Å²) in [4.78, 5) is 0. The lowest BCUT2D eigenvalue weighted by molar-refractivity contribution is 0.308. The highest BCUT2D eigenvalue weighted by molar-refractivity contribution is 7.80.